The summed E-state index contributed by atoms with van der Waals surface area (Å²) in [4.78, 5) is 19.2. The number of pyridine rings is 1. The molecular formula is C22H20F3N3O. The molecule has 1 saturated heterocycles. The Bertz CT molecular complexity index is 1040. The summed E-state index contributed by atoms with van der Waals surface area (Å²) in [6, 6.07) is 7.37. The van der Waals surface area contributed by atoms with Crippen molar-refractivity contribution in [3.05, 3.63) is 71.2 Å². The molecule has 0 atom stereocenters. The van der Waals surface area contributed by atoms with E-state index >= 15 is 0 Å². The van der Waals surface area contributed by atoms with Crippen LogP contribution in [-0.2, 0) is 6.54 Å². The normalized spacial score (nSPS) is 14.2. The lowest BCUT2D eigenvalue weighted by Gasteiger charge is -2.27. The van der Waals surface area contributed by atoms with E-state index in [0.29, 0.717) is 40.8 Å². The smallest absolute Gasteiger partial charge is 0.257 e. The van der Waals surface area contributed by atoms with Crippen LogP contribution in [0.15, 0.2) is 42.6 Å². The van der Waals surface area contributed by atoms with Crippen LogP contribution in [-0.4, -0.2) is 28.9 Å². The van der Waals surface area contributed by atoms with Crippen LogP contribution < -0.4 is 5.32 Å². The molecular weight excluding hydrogens is 379 g/mol. The highest BCUT2D eigenvalue weighted by Gasteiger charge is 2.23. The first kappa shape index (κ1) is 19.2. The topological polar surface area (TPSA) is 45.2 Å². The molecule has 7 heteroatoms. The second-order valence-corrected chi connectivity index (χ2v) is 7.19. The summed E-state index contributed by atoms with van der Waals surface area (Å²) in [6.07, 6.45) is 4.44. The van der Waals surface area contributed by atoms with E-state index in [1.54, 1.807) is 4.90 Å². The molecule has 1 aliphatic rings. The van der Waals surface area contributed by atoms with Gasteiger partial charge in [-0.25, -0.2) is 13.2 Å². The number of hydrogen-bond acceptors (Lipinski definition) is 3. The standard InChI is InChI=1S/C22H20F3N3O/c23-15-4-5-20-18(11-15)21(27-12-14-8-16(24)10-17(25)9-14)19(13-26-20)22(29)28-6-2-1-3-7-28/h4-5,8-11,13H,1-3,6-7,12H2,(H,26,27). The molecule has 0 bridgehead atoms. The van der Waals surface area contributed by atoms with Gasteiger partial charge in [-0.2, -0.15) is 0 Å². The minimum Gasteiger partial charge on any atom is -0.380 e. The van der Waals surface area contributed by atoms with Crippen molar-refractivity contribution in [3.63, 3.8) is 0 Å². The summed E-state index contributed by atoms with van der Waals surface area (Å²) < 4.78 is 41.0. The van der Waals surface area contributed by atoms with Crippen molar-refractivity contribution in [1.29, 1.82) is 0 Å². The number of piperidine rings is 1. The van der Waals surface area contributed by atoms with Crippen LogP contribution in [0.1, 0.15) is 35.2 Å². The molecule has 2 heterocycles. The molecule has 0 radical (unpaired) electrons. The third kappa shape index (κ3) is 4.18. The lowest BCUT2D eigenvalue weighted by atomic mass is 10.1. The first-order valence-corrected chi connectivity index (χ1v) is 9.57. The number of anilines is 1. The van der Waals surface area contributed by atoms with Gasteiger partial charge in [-0.05, 0) is 55.2 Å². The fourth-order valence-corrected chi connectivity index (χ4v) is 3.69. The highest BCUT2D eigenvalue weighted by atomic mass is 19.1. The Hall–Kier alpha value is -3.09. The number of carbonyl (C=O) groups excluding carboxylic acids is 1. The fraction of sp³-hybridized carbons (Fsp3) is 0.273. The fourth-order valence-electron chi connectivity index (χ4n) is 3.69. The SMILES string of the molecule is O=C(c1cnc2ccc(F)cc2c1NCc1cc(F)cc(F)c1)N1CCCCC1. The summed E-state index contributed by atoms with van der Waals surface area (Å²) >= 11 is 0. The van der Waals surface area contributed by atoms with Crippen molar-refractivity contribution in [3.8, 4) is 0 Å². The first-order chi connectivity index (χ1) is 14.0. The van der Waals surface area contributed by atoms with Gasteiger partial charge in [0.1, 0.15) is 17.5 Å². The van der Waals surface area contributed by atoms with Gasteiger partial charge in [0.2, 0.25) is 0 Å². The number of nitrogens with zero attached hydrogens (tertiary/aromatic N) is 2. The van der Waals surface area contributed by atoms with Gasteiger partial charge in [0.25, 0.3) is 5.91 Å². The Balaban J connectivity index is 1.73. The Kier molecular flexibility index (Phi) is 5.38. The molecule has 1 fully saturated rings. The second kappa shape index (κ2) is 8.11. The number of hydrogen-bond donors (Lipinski definition) is 1. The maximum atomic E-state index is 13.9. The summed E-state index contributed by atoms with van der Waals surface area (Å²) in [7, 11) is 0. The van der Waals surface area contributed by atoms with Crippen LogP contribution in [0.3, 0.4) is 0 Å². The number of likely N-dealkylation sites (tertiary alicyclic amines) is 1. The number of halogens is 3. The van der Waals surface area contributed by atoms with Gasteiger partial charge in [0, 0.05) is 37.3 Å². The maximum absolute atomic E-state index is 13.9. The molecule has 0 saturated carbocycles. The highest BCUT2D eigenvalue weighted by molar-refractivity contribution is 6.07. The molecule has 2 aromatic carbocycles. The number of nitrogens with one attached hydrogen (secondary N) is 1. The average Bonchev–Trinajstić information content (AvgIpc) is 2.71. The molecule has 29 heavy (non-hydrogen) atoms. The highest BCUT2D eigenvalue weighted by Crippen LogP contribution is 2.29. The van der Waals surface area contributed by atoms with Crippen LogP contribution in [0.2, 0.25) is 0 Å². The molecule has 1 amide bonds. The number of benzene rings is 2. The lowest BCUT2D eigenvalue weighted by Crippen LogP contribution is -2.36. The Morgan fingerprint density at radius 1 is 0.966 bits per heavy atom. The molecule has 1 aliphatic heterocycles. The van der Waals surface area contributed by atoms with Crippen molar-refractivity contribution in [2.45, 2.75) is 25.8 Å². The van der Waals surface area contributed by atoms with E-state index in [1.807, 2.05) is 0 Å². The van der Waals surface area contributed by atoms with Gasteiger partial charge < -0.3 is 10.2 Å². The van der Waals surface area contributed by atoms with E-state index < -0.39 is 17.5 Å². The monoisotopic (exact) mass is 399 g/mol. The number of aromatic nitrogens is 1. The number of amides is 1. The van der Waals surface area contributed by atoms with Crippen molar-refractivity contribution < 1.29 is 18.0 Å². The van der Waals surface area contributed by atoms with Crippen molar-refractivity contribution in [1.82, 2.24) is 9.88 Å². The quantitative estimate of drug-likeness (QED) is 0.679. The number of carbonyl (C=O) groups is 1. The maximum Gasteiger partial charge on any atom is 0.257 e. The third-order valence-electron chi connectivity index (χ3n) is 5.10. The second-order valence-electron chi connectivity index (χ2n) is 7.19. The molecule has 0 unspecified atom stereocenters. The molecule has 4 nitrogen and oxygen atoms in total. The summed E-state index contributed by atoms with van der Waals surface area (Å²) in [5, 5.41) is 3.54. The summed E-state index contributed by atoms with van der Waals surface area (Å²) in [5.74, 6) is -2.01. The molecule has 150 valence electrons. The third-order valence-corrected chi connectivity index (χ3v) is 5.10. The Morgan fingerprint density at radius 2 is 1.69 bits per heavy atom. The van der Waals surface area contributed by atoms with Gasteiger partial charge in [0.05, 0.1) is 16.8 Å². The Labute approximate surface area is 166 Å². The minimum absolute atomic E-state index is 0.0740. The Morgan fingerprint density at radius 3 is 2.41 bits per heavy atom. The summed E-state index contributed by atoms with van der Waals surface area (Å²) in [5.41, 5.74) is 1.63. The van der Waals surface area contributed by atoms with Crippen molar-refractivity contribution >= 4 is 22.5 Å². The lowest BCUT2D eigenvalue weighted by molar-refractivity contribution is 0.0725. The largest absolute Gasteiger partial charge is 0.380 e. The zero-order chi connectivity index (χ0) is 20.4. The van der Waals surface area contributed by atoms with E-state index in [4.69, 9.17) is 0 Å². The van der Waals surface area contributed by atoms with E-state index in [1.165, 1.54) is 36.5 Å². The summed E-state index contributed by atoms with van der Waals surface area (Å²) in [6.45, 7) is 1.40. The molecule has 3 aromatic rings. The van der Waals surface area contributed by atoms with Crippen molar-refractivity contribution in [2.24, 2.45) is 0 Å². The zero-order valence-corrected chi connectivity index (χ0v) is 15.7. The number of rotatable bonds is 4. The van der Waals surface area contributed by atoms with Crippen LogP contribution in [0.25, 0.3) is 10.9 Å². The first-order valence-electron chi connectivity index (χ1n) is 9.57. The predicted octanol–water partition coefficient (Wildman–Crippen LogP) is 4.89. The average molecular weight is 399 g/mol. The van der Waals surface area contributed by atoms with Crippen LogP contribution in [0.4, 0.5) is 18.9 Å². The van der Waals surface area contributed by atoms with Gasteiger partial charge in [-0.1, -0.05) is 0 Å². The molecule has 0 aliphatic carbocycles. The van der Waals surface area contributed by atoms with Crippen molar-refractivity contribution in [2.75, 3.05) is 18.4 Å². The van der Waals surface area contributed by atoms with Gasteiger partial charge in [0.15, 0.2) is 0 Å². The van der Waals surface area contributed by atoms with Gasteiger partial charge >= 0.3 is 0 Å². The van der Waals surface area contributed by atoms with Crippen LogP contribution in [0, 0.1) is 17.5 Å². The van der Waals surface area contributed by atoms with Gasteiger partial charge in [-0.15, -0.1) is 0 Å². The molecule has 4 rings (SSSR count). The zero-order valence-electron chi connectivity index (χ0n) is 15.7. The predicted molar refractivity (Wildman–Crippen MR) is 105 cm³/mol. The molecule has 1 aromatic heterocycles. The number of fused-ring (bicyclic) bond motifs is 1. The minimum atomic E-state index is -0.683. The molecule has 1 N–H and O–H groups in total. The molecule has 0 spiro atoms. The van der Waals surface area contributed by atoms with E-state index in [9.17, 15) is 18.0 Å². The van der Waals surface area contributed by atoms with Crippen LogP contribution >= 0.6 is 0 Å². The van der Waals surface area contributed by atoms with Gasteiger partial charge in [-0.3, -0.25) is 9.78 Å². The van der Waals surface area contributed by atoms with Crippen LogP contribution in [0.5, 0.6) is 0 Å². The van der Waals surface area contributed by atoms with E-state index in [0.717, 1.165) is 25.3 Å². The van der Waals surface area contributed by atoms with E-state index in [2.05, 4.69) is 10.3 Å². The van der Waals surface area contributed by atoms with E-state index in [-0.39, 0.29) is 12.5 Å².